The van der Waals surface area contributed by atoms with Crippen LogP contribution in [0.1, 0.15) is 13.8 Å². The summed E-state index contributed by atoms with van der Waals surface area (Å²) < 4.78 is 26.7. The Hall–Kier alpha value is -1.25. The normalized spacial score (nSPS) is 21.9. The number of rotatable bonds is 4. The zero-order valence-corrected chi connectivity index (χ0v) is 12.9. The summed E-state index contributed by atoms with van der Waals surface area (Å²) in [5.41, 5.74) is 0. The number of anilines is 1. The van der Waals surface area contributed by atoms with Gasteiger partial charge in [-0.15, -0.1) is 0 Å². The Labute approximate surface area is 120 Å². The van der Waals surface area contributed by atoms with E-state index in [0.29, 0.717) is 19.0 Å². The van der Waals surface area contributed by atoms with Crippen LogP contribution in [0.15, 0.2) is 17.3 Å². The summed E-state index contributed by atoms with van der Waals surface area (Å²) in [5, 5.41) is 2.94. The van der Waals surface area contributed by atoms with Crippen LogP contribution in [0.4, 0.5) is 5.95 Å². The number of aromatic nitrogens is 2. The van der Waals surface area contributed by atoms with Crippen molar-refractivity contribution in [2.24, 2.45) is 0 Å². The van der Waals surface area contributed by atoms with E-state index in [4.69, 9.17) is 0 Å². The molecule has 2 rings (SSSR count). The van der Waals surface area contributed by atoms with Crippen molar-refractivity contribution in [3.8, 4) is 0 Å². The number of piperazine rings is 1. The molecule has 7 nitrogen and oxygen atoms in total. The lowest BCUT2D eigenvalue weighted by molar-refractivity contribution is 0.170. The Bertz CT molecular complexity index is 545. The Kier molecular flexibility index (Phi) is 4.56. The molecule has 1 N–H and O–H groups in total. The molecule has 1 fully saturated rings. The molecule has 0 saturated carbocycles. The average molecular weight is 299 g/mol. The van der Waals surface area contributed by atoms with Gasteiger partial charge in [-0.3, -0.25) is 0 Å². The van der Waals surface area contributed by atoms with Crippen molar-refractivity contribution in [3.05, 3.63) is 12.4 Å². The monoisotopic (exact) mass is 299 g/mol. The average Bonchev–Trinajstić information content (AvgIpc) is 2.39. The van der Waals surface area contributed by atoms with Crippen LogP contribution >= 0.6 is 0 Å². The van der Waals surface area contributed by atoms with E-state index in [-0.39, 0.29) is 10.9 Å². The Balaban J connectivity index is 2.21. The van der Waals surface area contributed by atoms with Crippen LogP contribution in [0.3, 0.4) is 0 Å². The summed E-state index contributed by atoms with van der Waals surface area (Å²) in [7, 11) is -1.52. The van der Waals surface area contributed by atoms with Gasteiger partial charge in [-0.25, -0.2) is 18.4 Å². The predicted molar refractivity (Wildman–Crippen MR) is 77.0 cm³/mol. The molecule has 1 aliphatic rings. The van der Waals surface area contributed by atoms with Gasteiger partial charge in [0, 0.05) is 32.2 Å². The molecular formula is C12H21N5O2S. The highest BCUT2D eigenvalue weighted by atomic mass is 32.2. The minimum Gasteiger partial charge on any atom is -0.355 e. The van der Waals surface area contributed by atoms with E-state index in [2.05, 4.69) is 20.2 Å². The van der Waals surface area contributed by atoms with Crippen molar-refractivity contribution < 1.29 is 8.42 Å². The second kappa shape index (κ2) is 6.02. The molecule has 8 heteroatoms. The van der Waals surface area contributed by atoms with Crippen molar-refractivity contribution in [1.82, 2.24) is 19.2 Å². The first-order valence-corrected chi connectivity index (χ1v) is 8.15. The van der Waals surface area contributed by atoms with Crippen LogP contribution in [-0.4, -0.2) is 66.9 Å². The smallest absolute Gasteiger partial charge is 0.246 e. The fraction of sp³-hybridized carbons (Fsp3) is 0.667. The zero-order valence-electron chi connectivity index (χ0n) is 12.1. The summed E-state index contributed by atoms with van der Waals surface area (Å²) in [6, 6.07) is -0.0489. The van der Waals surface area contributed by atoms with Gasteiger partial charge in [-0.05, 0) is 20.9 Å². The molecule has 1 aromatic rings. The van der Waals surface area contributed by atoms with Crippen LogP contribution in [0.25, 0.3) is 0 Å². The number of nitrogens with zero attached hydrogens (tertiary/aromatic N) is 4. The molecule has 1 aliphatic heterocycles. The maximum Gasteiger partial charge on any atom is 0.246 e. The molecule has 2 heterocycles. The zero-order chi connectivity index (χ0) is 14.8. The number of sulfonamides is 1. The van der Waals surface area contributed by atoms with Gasteiger partial charge >= 0.3 is 0 Å². The fourth-order valence-electron chi connectivity index (χ4n) is 2.31. The molecule has 112 valence electrons. The van der Waals surface area contributed by atoms with Gasteiger partial charge in [0.2, 0.25) is 16.0 Å². The standard InChI is InChI=1S/C12H21N5O2S/c1-4-13-12-14-7-11(8-15-12)20(18,19)17-6-5-16(3)9-10(17)2/h7-8,10H,4-6,9H2,1-3H3,(H,13,14,15). The first-order chi connectivity index (χ1) is 9.45. The number of likely N-dealkylation sites (N-methyl/N-ethyl adjacent to an activating group) is 1. The molecule has 1 atom stereocenters. The van der Waals surface area contributed by atoms with Crippen LogP contribution < -0.4 is 5.32 Å². The minimum atomic E-state index is -3.51. The van der Waals surface area contributed by atoms with Crippen LogP contribution in [-0.2, 0) is 10.0 Å². The third kappa shape index (κ3) is 3.08. The van der Waals surface area contributed by atoms with Gasteiger partial charge < -0.3 is 10.2 Å². The van der Waals surface area contributed by atoms with Crippen molar-refractivity contribution in [2.45, 2.75) is 24.8 Å². The highest BCUT2D eigenvalue weighted by molar-refractivity contribution is 7.89. The van der Waals surface area contributed by atoms with Gasteiger partial charge in [0.15, 0.2) is 0 Å². The number of nitrogens with one attached hydrogen (secondary N) is 1. The highest BCUT2D eigenvalue weighted by Crippen LogP contribution is 2.20. The van der Waals surface area contributed by atoms with Gasteiger partial charge in [-0.2, -0.15) is 4.31 Å². The summed E-state index contributed by atoms with van der Waals surface area (Å²) in [5.74, 6) is 0.442. The Morgan fingerprint density at radius 2 is 2.00 bits per heavy atom. The quantitative estimate of drug-likeness (QED) is 0.857. The third-order valence-corrected chi connectivity index (χ3v) is 5.31. The minimum absolute atomic E-state index is 0.0489. The van der Waals surface area contributed by atoms with Gasteiger partial charge in [0.05, 0.1) is 12.4 Å². The van der Waals surface area contributed by atoms with Crippen LogP contribution in [0.2, 0.25) is 0 Å². The van der Waals surface area contributed by atoms with E-state index in [1.54, 1.807) is 0 Å². The molecule has 20 heavy (non-hydrogen) atoms. The fourth-order valence-corrected chi connectivity index (χ4v) is 3.82. The predicted octanol–water partition coefficient (Wildman–Crippen LogP) is 0.233. The SMILES string of the molecule is CCNc1ncc(S(=O)(=O)N2CCN(C)CC2C)cn1. The highest BCUT2D eigenvalue weighted by Gasteiger charge is 2.33. The largest absolute Gasteiger partial charge is 0.355 e. The first kappa shape index (κ1) is 15.1. The number of hydrogen-bond acceptors (Lipinski definition) is 6. The molecular weight excluding hydrogens is 278 g/mol. The Morgan fingerprint density at radius 1 is 1.35 bits per heavy atom. The van der Waals surface area contributed by atoms with E-state index in [9.17, 15) is 8.42 Å². The maximum absolute atomic E-state index is 12.6. The van der Waals surface area contributed by atoms with E-state index in [1.165, 1.54) is 16.7 Å². The van der Waals surface area contributed by atoms with E-state index in [0.717, 1.165) is 13.1 Å². The van der Waals surface area contributed by atoms with E-state index in [1.807, 2.05) is 20.9 Å². The van der Waals surface area contributed by atoms with Crippen LogP contribution in [0.5, 0.6) is 0 Å². The summed E-state index contributed by atoms with van der Waals surface area (Å²) in [4.78, 5) is 10.3. The molecule has 0 bridgehead atoms. The van der Waals surface area contributed by atoms with Crippen molar-refractivity contribution >= 4 is 16.0 Å². The summed E-state index contributed by atoms with van der Waals surface area (Å²) >= 11 is 0. The molecule has 1 saturated heterocycles. The van der Waals surface area contributed by atoms with Crippen molar-refractivity contribution in [3.63, 3.8) is 0 Å². The van der Waals surface area contributed by atoms with Crippen LogP contribution in [0, 0.1) is 0 Å². The van der Waals surface area contributed by atoms with Gasteiger partial charge in [0.1, 0.15) is 4.90 Å². The third-order valence-electron chi connectivity index (χ3n) is 3.34. The summed E-state index contributed by atoms with van der Waals surface area (Å²) in [6.07, 6.45) is 2.73. The lowest BCUT2D eigenvalue weighted by atomic mass is 10.2. The molecule has 0 amide bonds. The number of hydrogen-bond donors (Lipinski definition) is 1. The molecule has 1 aromatic heterocycles. The van der Waals surface area contributed by atoms with E-state index < -0.39 is 10.0 Å². The Morgan fingerprint density at radius 3 is 2.55 bits per heavy atom. The van der Waals surface area contributed by atoms with Gasteiger partial charge in [0.25, 0.3) is 0 Å². The molecule has 0 aromatic carbocycles. The molecule has 0 aliphatic carbocycles. The van der Waals surface area contributed by atoms with Crippen molar-refractivity contribution in [2.75, 3.05) is 38.5 Å². The first-order valence-electron chi connectivity index (χ1n) is 6.71. The molecule has 1 unspecified atom stereocenters. The molecule has 0 radical (unpaired) electrons. The second-order valence-corrected chi connectivity index (χ2v) is 6.89. The van der Waals surface area contributed by atoms with Gasteiger partial charge in [-0.1, -0.05) is 0 Å². The van der Waals surface area contributed by atoms with E-state index >= 15 is 0 Å². The lowest BCUT2D eigenvalue weighted by Crippen LogP contribution is -2.52. The molecule has 0 spiro atoms. The summed E-state index contributed by atoms with van der Waals surface area (Å²) in [6.45, 7) is 6.51. The topological polar surface area (TPSA) is 78.4 Å². The lowest BCUT2D eigenvalue weighted by Gasteiger charge is -2.36. The maximum atomic E-state index is 12.6. The second-order valence-electron chi connectivity index (χ2n) is 5.00. The van der Waals surface area contributed by atoms with Crippen molar-refractivity contribution in [1.29, 1.82) is 0 Å².